The highest BCUT2D eigenvalue weighted by atomic mass is 16.5. The quantitative estimate of drug-likeness (QED) is 0.373. The lowest BCUT2D eigenvalue weighted by Gasteiger charge is -2.21. The Hall–Kier alpha value is -4.59. The topological polar surface area (TPSA) is 116 Å². The molecular formula is C27H20N2O6. The summed E-state index contributed by atoms with van der Waals surface area (Å²) in [4.78, 5) is 55.3. The zero-order chi connectivity index (χ0) is 24.5. The molecule has 3 aromatic carbocycles. The normalized spacial score (nSPS) is 13.2. The van der Waals surface area contributed by atoms with Gasteiger partial charge in [0, 0.05) is 23.1 Å². The molecule has 35 heavy (non-hydrogen) atoms. The van der Waals surface area contributed by atoms with Crippen LogP contribution in [0.1, 0.15) is 51.1 Å². The van der Waals surface area contributed by atoms with E-state index in [1.165, 1.54) is 13.0 Å². The van der Waals surface area contributed by atoms with Gasteiger partial charge in [0.25, 0.3) is 5.91 Å². The number of anilines is 1. The number of fused-ring (bicyclic) bond motifs is 3. The van der Waals surface area contributed by atoms with Gasteiger partial charge in [-0.2, -0.15) is 0 Å². The van der Waals surface area contributed by atoms with E-state index < -0.39 is 18.0 Å². The Kier molecular flexibility index (Phi) is 5.70. The molecule has 5 rings (SSSR count). The first-order valence-corrected chi connectivity index (χ1v) is 11.1. The SMILES string of the molecule is C[C@H](OC(=O)CCc1nc2ccccc2o1)C(=O)Nc1cccc2c1C(=O)c1ccccc1C2=O. The van der Waals surface area contributed by atoms with Gasteiger partial charge in [0.05, 0.1) is 17.7 Å². The molecule has 4 aromatic rings. The summed E-state index contributed by atoms with van der Waals surface area (Å²) in [6.45, 7) is 1.43. The molecule has 0 spiro atoms. The van der Waals surface area contributed by atoms with Crippen molar-refractivity contribution in [1.82, 2.24) is 4.98 Å². The molecule has 8 nitrogen and oxygen atoms in total. The summed E-state index contributed by atoms with van der Waals surface area (Å²) in [6.07, 6.45) is -0.914. The monoisotopic (exact) mass is 468 g/mol. The Bertz CT molecular complexity index is 1470. The number of ketones is 2. The minimum Gasteiger partial charge on any atom is -0.453 e. The third-order valence-electron chi connectivity index (χ3n) is 5.77. The summed E-state index contributed by atoms with van der Waals surface area (Å²) in [5.74, 6) is -1.45. The molecule has 0 saturated carbocycles. The van der Waals surface area contributed by atoms with Crippen molar-refractivity contribution < 1.29 is 28.3 Å². The lowest BCUT2D eigenvalue weighted by atomic mass is 9.83. The van der Waals surface area contributed by atoms with Crippen molar-refractivity contribution in [3.8, 4) is 0 Å². The van der Waals surface area contributed by atoms with E-state index in [4.69, 9.17) is 9.15 Å². The number of carbonyl (C=O) groups is 4. The van der Waals surface area contributed by atoms with Crippen molar-refractivity contribution in [2.45, 2.75) is 25.9 Å². The molecule has 8 heteroatoms. The van der Waals surface area contributed by atoms with Gasteiger partial charge in [0.15, 0.2) is 29.1 Å². The minimum atomic E-state index is -1.12. The number of hydrogen-bond donors (Lipinski definition) is 1. The number of benzene rings is 3. The molecule has 1 N–H and O–H groups in total. The fourth-order valence-corrected chi connectivity index (χ4v) is 4.03. The second-order valence-electron chi connectivity index (χ2n) is 8.13. The predicted molar refractivity (Wildman–Crippen MR) is 126 cm³/mol. The average molecular weight is 468 g/mol. The first-order valence-electron chi connectivity index (χ1n) is 11.1. The van der Waals surface area contributed by atoms with Crippen LogP contribution in [0.5, 0.6) is 0 Å². The van der Waals surface area contributed by atoms with Crippen molar-refractivity contribution in [2.75, 3.05) is 5.32 Å². The number of ether oxygens (including phenoxy) is 1. The third-order valence-corrected chi connectivity index (χ3v) is 5.77. The van der Waals surface area contributed by atoms with Crippen LogP contribution in [0.25, 0.3) is 11.1 Å². The molecule has 0 fully saturated rings. The molecule has 1 aliphatic rings. The van der Waals surface area contributed by atoms with Crippen LogP contribution in [0.3, 0.4) is 0 Å². The second kappa shape index (κ2) is 8.98. The smallest absolute Gasteiger partial charge is 0.307 e. The van der Waals surface area contributed by atoms with Crippen LogP contribution < -0.4 is 5.32 Å². The van der Waals surface area contributed by atoms with Gasteiger partial charge in [-0.3, -0.25) is 19.2 Å². The molecule has 0 aliphatic heterocycles. The van der Waals surface area contributed by atoms with Crippen LogP contribution in [-0.4, -0.2) is 34.5 Å². The van der Waals surface area contributed by atoms with Crippen LogP contribution in [0.2, 0.25) is 0 Å². The van der Waals surface area contributed by atoms with E-state index in [9.17, 15) is 19.2 Å². The first kappa shape index (κ1) is 22.2. The molecule has 1 aromatic heterocycles. The summed E-state index contributed by atoms with van der Waals surface area (Å²) in [7, 11) is 0. The lowest BCUT2D eigenvalue weighted by molar-refractivity contribution is -0.153. The Morgan fingerprint density at radius 3 is 2.37 bits per heavy atom. The molecule has 1 amide bonds. The zero-order valence-electron chi connectivity index (χ0n) is 18.7. The van der Waals surface area contributed by atoms with Gasteiger partial charge in [-0.15, -0.1) is 0 Å². The van der Waals surface area contributed by atoms with Crippen molar-refractivity contribution >= 4 is 40.2 Å². The number of hydrogen-bond acceptors (Lipinski definition) is 7. The van der Waals surface area contributed by atoms with Crippen LogP contribution in [0.4, 0.5) is 5.69 Å². The van der Waals surface area contributed by atoms with E-state index in [-0.39, 0.29) is 46.8 Å². The predicted octanol–water partition coefficient (Wildman–Crippen LogP) is 4.11. The highest BCUT2D eigenvalue weighted by Crippen LogP contribution is 2.32. The summed E-state index contributed by atoms with van der Waals surface area (Å²) in [5, 5.41) is 2.63. The van der Waals surface area contributed by atoms with E-state index in [1.807, 2.05) is 18.2 Å². The van der Waals surface area contributed by atoms with Gasteiger partial charge in [-0.05, 0) is 25.1 Å². The van der Waals surface area contributed by atoms with Crippen molar-refractivity contribution in [3.05, 3.63) is 94.9 Å². The number of aryl methyl sites for hydroxylation is 1. The average Bonchev–Trinajstić information content (AvgIpc) is 3.29. The van der Waals surface area contributed by atoms with Gasteiger partial charge < -0.3 is 14.5 Å². The van der Waals surface area contributed by atoms with Crippen LogP contribution >= 0.6 is 0 Å². The summed E-state index contributed by atoms with van der Waals surface area (Å²) >= 11 is 0. The number of rotatable bonds is 6. The number of carbonyl (C=O) groups excluding carboxylic acids is 4. The number of para-hydroxylation sites is 2. The lowest BCUT2D eigenvalue weighted by Crippen LogP contribution is -2.31. The summed E-state index contributed by atoms with van der Waals surface area (Å²) < 4.78 is 10.8. The molecule has 1 atom stereocenters. The standard InChI is InChI=1S/C27H20N2O6/c1-15(34-23(30)14-13-22-28-19-10-4-5-12-21(19)35-22)27(33)29-20-11-6-9-18-24(20)26(32)17-8-3-2-7-16(17)25(18)31/h2-12,15H,13-14H2,1H3,(H,29,33)/t15-/m0/s1. The minimum absolute atomic E-state index is 0.0189. The number of aromatic nitrogens is 1. The van der Waals surface area contributed by atoms with E-state index in [2.05, 4.69) is 10.3 Å². The maximum Gasteiger partial charge on any atom is 0.307 e. The van der Waals surface area contributed by atoms with E-state index >= 15 is 0 Å². The van der Waals surface area contributed by atoms with Gasteiger partial charge in [-0.1, -0.05) is 48.5 Å². The molecule has 0 saturated heterocycles. The summed E-state index contributed by atoms with van der Waals surface area (Å²) in [6, 6.07) is 18.5. The van der Waals surface area contributed by atoms with Crippen LogP contribution in [0, 0.1) is 0 Å². The number of amides is 1. The molecule has 0 radical (unpaired) electrons. The van der Waals surface area contributed by atoms with E-state index in [0.717, 1.165) is 0 Å². The molecule has 1 aliphatic carbocycles. The molecule has 174 valence electrons. The third kappa shape index (κ3) is 4.21. The number of nitrogens with one attached hydrogen (secondary N) is 1. The number of nitrogens with zero attached hydrogens (tertiary/aromatic N) is 1. The Morgan fingerprint density at radius 2 is 1.60 bits per heavy atom. The number of oxazole rings is 1. The Morgan fingerprint density at radius 1 is 0.914 bits per heavy atom. The van der Waals surface area contributed by atoms with Gasteiger partial charge in [0.1, 0.15) is 5.52 Å². The fraction of sp³-hybridized carbons (Fsp3) is 0.148. The highest BCUT2D eigenvalue weighted by Gasteiger charge is 2.32. The van der Waals surface area contributed by atoms with Gasteiger partial charge in [0.2, 0.25) is 0 Å². The van der Waals surface area contributed by atoms with Crippen LogP contribution in [-0.2, 0) is 20.7 Å². The number of esters is 1. The van der Waals surface area contributed by atoms with Crippen molar-refractivity contribution in [2.24, 2.45) is 0 Å². The van der Waals surface area contributed by atoms with Crippen molar-refractivity contribution in [1.29, 1.82) is 0 Å². The largest absolute Gasteiger partial charge is 0.453 e. The molecule has 1 heterocycles. The molecular weight excluding hydrogens is 448 g/mol. The maximum absolute atomic E-state index is 13.1. The highest BCUT2D eigenvalue weighted by molar-refractivity contribution is 6.30. The fourth-order valence-electron chi connectivity index (χ4n) is 4.03. The van der Waals surface area contributed by atoms with E-state index in [0.29, 0.717) is 22.6 Å². The zero-order valence-corrected chi connectivity index (χ0v) is 18.7. The van der Waals surface area contributed by atoms with Gasteiger partial charge >= 0.3 is 5.97 Å². The summed E-state index contributed by atoms with van der Waals surface area (Å²) in [5.41, 5.74) is 2.47. The molecule has 0 unspecified atom stereocenters. The van der Waals surface area contributed by atoms with Gasteiger partial charge in [-0.25, -0.2) is 4.98 Å². The second-order valence-corrected chi connectivity index (χ2v) is 8.13. The molecule has 0 bridgehead atoms. The Labute approximate surface area is 199 Å². The van der Waals surface area contributed by atoms with E-state index in [1.54, 1.807) is 42.5 Å². The Balaban J connectivity index is 1.25. The van der Waals surface area contributed by atoms with Crippen LogP contribution in [0.15, 0.2) is 71.1 Å². The maximum atomic E-state index is 13.1. The first-order chi connectivity index (χ1) is 16.9. The van der Waals surface area contributed by atoms with Crippen molar-refractivity contribution in [3.63, 3.8) is 0 Å².